The van der Waals surface area contributed by atoms with E-state index in [2.05, 4.69) is 33.5 Å². The summed E-state index contributed by atoms with van der Waals surface area (Å²) in [5.41, 5.74) is 4.42. The topological polar surface area (TPSA) is 57.4 Å². The van der Waals surface area contributed by atoms with Crippen LogP contribution in [-0.2, 0) is 4.79 Å². The molecular formula is C23H24ClN3O2. The molecule has 6 heteroatoms. The van der Waals surface area contributed by atoms with Crippen molar-refractivity contribution in [3.8, 4) is 5.75 Å². The summed E-state index contributed by atoms with van der Waals surface area (Å²) in [4.78, 5) is 17.9. The Morgan fingerprint density at radius 3 is 2.93 bits per heavy atom. The summed E-state index contributed by atoms with van der Waals surface area (Å²) in [6.07, 6.45) is 5.75. The number of aromatic amines is 1. The third kappa shape index (κ3) is 4.63. The number of carbonyl (C=O) groups excluding carboxylic acids is 1. The van der Waals surface area contributed by atoms with Gasteiger partial charge in [0, 0.05) is 59.4 Å². The van der Waals surface area contributed by atoms with Crippen LogP contribution in [0.5, 0.6) is 5.75 Å². The van der Waals surface area contributed by atoms with E-state index in [4.69, 9.17) is 16.3 Å². The fraction of sp³-hybridized carbons (Fsp3) is 0.261. The zero-order valence-corrected chi connectivity index (χ0v) is 17.1. The number of carbonyl (C=O) groups is 1. The molecule has 3 aromatic rings. The lowest BCUT2D eigenvalue weighted by atomic mass is 9.98. The number of fused-ring (bicyclic) bond motifs is 1. The summed E-state index contributed by atoms with van der Waals surface area (Å²) in [5.74, 6) is 0.868. The highest BCUT2D eigenvalue weighted by Gasteiger charge is 2.17. The van der Waals surface area contributed by atoms with E-state index in [1.54, 1.807) is 19.2 Å². The maximum atomic E-state index is 12.2. The summed E-state index contributed by atoms with van der Waals surface area (Å²) in [7, 11) is 1.69. The number of amides is 1. The second-order valence-electron chi connectivity index (χ2n) is 7.20. The maximum absolute atomic E-state index is 12.2. The Balaban J connectivity index is 1.34. The summed E-state index contributed by atoms with van der Waals surface area (Å²) in [6.45, 7) is 2.52. The first-order valence-electron chi connectivity index (χ1n) is 9.74. The molecule has 1 aliphatic heterocycles. The number of H-pyrrole nitrogens is 1. The fourth-order valence-electron chi connectivity index (χ4n) is 3.70. The zero-order chi connectivity index (χ0) is 20.2. The standard InChI is InChI=1S/C23H24ClN3O2/c1-29-19-5-6-22-20(14-19)21(15-25-22)16-7-10-27(11-8-16)12-9-23(28)26-18-4-2-3-17(24)13-18/h2-7,13-15,25H,8-12H2,1H3,(H,26,28). The molecule has 2 aromatic carbocycles. The summed E-state index contributed by atoms with van der Waals surface area (Å²) in [5, 5.41) is 4.71. The normalized spacial score (nSPS) is 14.6. The summed E-state index contributed by atoms with van der Waals surface area (Å²) >= 11 is 5.96. The Kier molecular flexibility index (Phi) is 5.88. The minimum atomic E-state index is 0.00534. The number of ether oxygens (including phenoxy) is 1. The second-order valence-corrected chi connectivity index (χ2v) is 7.64. The minimum absolute atomic E-state index is 0.00534. The number of hydrogen-bond acceptors (Lipinski definition) is 3. The molecule has 0 atom stereocenters. The first-order chi connectivity index (χ1) is 14.1. The highest BCUT2D eigenvalue weighted by Crippen LogP contribution is 2.31. The molecule has 0 radical (unpaired) electrons. The highest BCUT2D eigenvalue weighted by molar-refractivity contribution is 6.30. The quantitative estimate of drug-likeness (QED) is 0.605. The predicted octanol–water partition coefficient (Wildman–Crippen LogP) is 4.95. The van der Waals surface area contributed by atoms with Gasteiger partial charge in [-0.2, -0.15) is 0 Å². The predicted molar refractivity (Wildman–Crippen MR) is 119 cm³/mol. The SMILES string of the molecule is COc1ccc2[nH]cc(C3=CCN(CCC(=O)Nc4cccc(Cl)c4)CC3)c2c1. The molecule has 0 bridgehead atoms. The highest BCUT2D eigenvalue weighted by atomic mass is 35.5. The first kappa shape index (κ1) is 19.6. The van der Waals surface area contributed by atoms with Crippen LogP contribution in [0.3, 0.4) is 0 Å². The molecule has 1 aromatic heterocycles. The molecule has 29 heavy (non-hydrogen) atoms. The van der Waals surface area contributed by atoms with Gasteiger partial charge < -0.3 is 15.0 Å². The van der Waals surface area contributed by atoms with E-state index in [1.807, 2.05) is 24.3 Å². The van der Waals surface area contributed by atoms with Crippen molar-refractivity contribution in [2.45, 2.75) is 12.8 Å². The van der Waals surface area contributed by atoms with Crippen LogP contribution in [0.4, 0.5) is 5.69 Å². The molecule has 2 N–H and O–H groups in total. The molecule has 0 fully saturated rings. The van der Waals surface area contributed by atoms with Gasteiger partial charge in [0.2, 0.25) is 5.91 Å². The van der Waals surface area contributed by atoms with Crippen LogP contribution in [0.25, 0.3) is 16.5 Å². The second kappa shape index (κ2) is 8.72. The van der Waals surface area contributed by atoms with Crippen LogP contribution in [0.2, 0.25) is 5.02 Å². The largest absolute Gasteiger partial charge is 0.497 e. The molecule has 0 unspecified atom stereocenters. The molecule has 150 valence electrons. The Morgan fingerprint density at radius 2 is 2.17 bits per heavy atom. The molecule has 1 aliphatic rings. The molecule has 0 spiro atoms. The van der Waals surface area contributed by atoms with Crippen molar-refractivity contribution in [1.82, 2.24) is 9.88 Å². The molecule has 4 rings (SSSR count). The molecule has 0 aliphatic carbocycles. The van der Waals surface area contributed by atoms with Gasteiger partial charge >= 0.3 is 0 Å². The van der Waals surface area contributed by atoms with Crippen molar-refractivity contribution in [2.75, 3.05) is 32.1 Å². The van der Waals surface area contributed by atoms with Gasteiger partial charge in [0.1, 0.15) is 5.75 Å². The van der Waals surface area contributed by atoms with E-state index in [0.29, 0.717) is 11.4 Å². The van der Waals surface area contributed by atoms with Gasteiger partial charge in [-0.3, -0.25) is 9.69 Å². The van der Waals surface area contributed by atoms with E-state index in [1.165, 1.54) is 16.5 Å². The van der Waals surface area contributed by atoms with Crippen LogP contribution in [-0.4, -0.2) is 42.5 Å². The molecular weight excluding hydrogens is 386 g/mol. The van der Waals surface area contributed by atoms with Crippen molar-refractivity contribution in [3.63, 3.8) is 0 Å². The Hall–Kier alpha value is -2.76. The van der Waals surface area contributed by atoms with Crippen LogP contribution >= 0.6 is 11.6 Å². The third-order valence-electron chi connectivity index (χ3n) is 5.29. The number of rotatable bonds is 6. The Morgan fingerprint density at radius 1 is 1.28 bits per heavy atom. The number of nitrogens with one attached hydrogen (secondary N) is 2. The lowest BCUT2D eigenvalue weighted by molar-refractivity contribution is -0.116. The van der Waals surface area contributed by atoms with Gasteiger partial charge in [0.05, 0.1) is 7.11 Å². The molecule has 0 saturated carbocycles. The van der Waals surface area contributed by atoms with Gasteiger partial charge in [-0.1, -0.05) is 23.7 Å². The number of hydrogen-bond donors (Lipinski definition) is 2. The number of nitrogens with zero attached hydrogens (tertiary/aromatic N) is 1. The molecule has 1 amide bonds. The Bertz CT molecular complexity index is 1060. The van der Waals surface area contributed by atoms with Gasteiger partial charge in [-0.15, -0.1) is 0 Å². The van der Waals surface area contributed by atoms with E-state index < -0.39 is 0 Å². The van der Waals surface area contributed by atoms with Crippen molar-refractivity contribution in [2.24, 2.45) is 0 Å². The van der Waals surface area contributed by atoms with Gasteiger partial charge in [-0.05, 0) is 48.4 Å². The number of halogens is 1. The van der Waals surface area contributed by atoms with Crippen molar-refractivity contribution in [3.05, 3.63) is 65.3 Å². The number of anilines is 1. The van der Waals surface area contributed by atoms with Crippen LogP contribution in [0, 0.1) is 0 Å². The summed E-state index contributed by atoms with van der Waals surface area (Å²) in [6, 6.07) is 13.3. The maximum Gasteiger partial charge on any atom is 0.225 e. The van der Waals surface area contributed by atoms with Crippen LogP contribution in [0.1, 0.15) is 18.4 Å². The van der Waals surface area contributed by atoms with Gasteiger partial charge in [-0.25, -0.2) is 0 Å². The molecule has 0 saturated heterocycles. The van der Waals surface area contributed by atoms with E-state index >= 15 is 0 Å². The third-order valence-corrected chi connectivity index (χ3v) is 5.53. The van der Waals surface area contributed by atoms with E-state index in [9.17, 15) is 4.79 Å². The van der Waals surface area contributed by atoms with E-state index in [-0.39, 0.29) is 5.91 Å². The van der Waals surface area contributed by atoms with Gasteiger partial charge in [0.15, 0.2) is 0 Å². The number of benzene rings is 2. The lowest BCUT2D eigenvalue weighted by Gasteiger charge is -2.26. The molecule has 2 heterocycles. The van der Waals surface area contributed by atoms with E-state index in [0.717, 1.165) is 43.0 Å². The average Bonchev–Trinajstić information content (AvgIpc) is 3.16. The van der Waals surface area contributed by atoms with Crippen molar-refractivity contribution < 1.29 is 9.53 Å². The number of methoxy groups -OCH3 is 1. The van der Waals surface area contributed by atoms with Gasteiger partial charge in [0.25, 0.3) is 0 Å². The van der Waals surface area contributed by atoms with Crippen molar-refractivity contribution in [1.29, 1.82) is 0 Å². The Labute approximate surface area is 175 Å². The first-order valence-corrected chi connectivity index (χ1v) is 10.1. The van der Waals surface area contributed by atoms with Crippen molar-refractivity contribution >= 4 is 39.7 Å². The molecule has 5 nitrogen and oxygen atoms in total. The lowest BCUT2D eigenvalue weighted by Crippen LogP contribution is -2.31. The average molecular weight is 410 g/mol. The number of aromatic nitrogens is 1. The minimum Gasteiger partial charge on any atom is -0.497 e. The van der Waals surface area contributed by atoms with Crippen LogP contribution in [0.15, 0.2) is 54.7 Å². The zero-order valence-electron chi connectivity index (χ0n) is 16.4. The van der Waals surface area contributed by atoms with Crippen LogP contribution < -0.4 is 10.1 Å². The summed E-state index contributed by atoms with van der Waals surface area (Å²) < 4.78 is 5.37. The monoisotopic (exact) mass is 409 g/mol. The smallest absolute Gasteiger partial charge is 0.225 e. The fourth-order valence-corrected chi connectivity index (χ4v) is 3.89.